The number of hydrogen-bond acceptors (Lipinski definition) is 1. The fraction of sp³-hybridized carbons (Fsp3) is 0.0714. The van der Waals surface area contributed by atoms with E-state index in [1.54, 1.807) is 0 Å². The Kier molecular flexibility index (Phi) is 5.05. The maximum Gasteiger partial charge on any atom is 0.307 e. The van der Waals surface area contributed by atoms with Crippen molar-refractivity contribution >= 4 is 5.97 Å². The summed E-state index contributed by atoms with van der Waals surface area (Å²) in [5.41, 5.74) is 2.89. The van der Waals surface area contributed by atoms with Crippen LogP contribution in [0.3, 0.4) is 0 Å². The second kappa shape index (κ2) is 6.31. The molecule has 0 radical (unpaired) electrons. The molecular formula is C14H12O2Zn. The molecule has 2 nitrogen and oxygen atoms in total. The van der Waals surface area contributed by atoms with Crippen molar-refractivity contribution in [3.05, 3.63) is 60.2 Å². The Bertz CT molecular complexity index is 495. The van der Waals surface area contributed by atoms with E-state index in [9.17, 15) is 4.79 Å². The number of aliphatic carboxylic acids is 1. The van der Waals surface area contributed by atoms with Crippen LogP contribution in [0.4, 0.5) is 0 Å². The van der Waals surface area contributed by atoms with E-state index in [1.165, 1.54) is 0 Å². The second-order valence-electron chi connectivity index (χ2n) is 3.59. The molecule has 17 heavy (non-hydrogen) atoms. The molecule has 0 aromatic heterocycles. The van der Waals surface area contributed by atoms with Gasteiger partial charge in [0.25, 0.3) is 0 Å². The summed E-state index contributed by atoms with van der Waals surface area (Å²) in [7, 11) is 0. The van der Waals surface area contributed by atoms with Crippen molar-refractivity contribution in [1.82, 2.24) is 0 Å². The van der Waals surface area contributed by atoms with Crippen LogP contribution in [-0.2, 0) is 30.7 Å². The maximum absolute atomic E-state index is 10.8. The first-order valence-corrected chi connectivity index (χ1v) is 5.12. The van der Waals surface area contributed by atoms with E-state index in [4.69, 9.17) is 5.11 Å². The van der Waals surface area contributed by atoms with Gasteiger partial charge in [0, 0.05) is 19.5 Å². The molecule has 0 saturated heterocycles. The number of carboxylic acid groups (broad SMARTS) is 1. The summed E-state index contributed by atoms with van der Waals surface area (Å²) in [6.45, 7) is 0. The van der Waals surface area contributed by atoms with Crippen LogP contribution in [-0.4, -0.2) is 11.1 Å². The minimum absolute atomic E-state index is 0. The predicted molar refractivity (Wildman–Crippen MR) is 63.2 cm³/mol. The topological polar surface area (TPSA) is 37.3 Å². The third-order valence-corrected chi connectivity index (χ3v) is 2.44. The minimum Gasteiger partial charge on any atom is -0.481 e. The molecule has 2 aromatic carbocycles. The van der Waals surface area contributed by atoms with Crippen LogP contribution >= 0.6 is 0 Å². The minimum atomic E-state index is -0.802. The molecule has 0 spiro atoms. The number of carboxylic acids is 1. The normalized spacial score (nSPS) is 9.41. The van der Waals surface area contributed by atoms with Gasteiger partial charge in [-0.15, -0.1) is 0 Å². The van der Waals surface area contributed by atoms with Crippen molar-refractivity contribution < 1.29 is 29.4 Å². The molecule has 0 amide bonds. The van der Waals surface area contributed by atoms with Crippen LogP contribution in [0.1, 0.15) is 5.56 Å². The van der Waals surface area contributed by atoms with Crippen LogP contribution in [0.5, 0.6) is 0 Å². The molecule has 0 aliphatic heterocycles. The maximum atomic E-state index is 10.8. The van der Waals surface area contributed by atoms with Crippen molar-refractivity contribution in [1.29, 1.82) is 0 Å². The molecule has 3 heteroatoms. The first kappa shape index (κ1) is 13.6. The van der Waals surface area contributed by atoms with Gasteiger partial charge in [-0.25, -0.2) is 0 Å². The molecule has 1 N–H and O–H groups in total. The quantitative estimate of drug-likeness (QED) is 0.876. The van der Waals surface area contributed by atoms with Crippen molar-refractivity contribution in [2.24, 2.45) is 0 Å². The number of hydrogen-bond donors (Lipinski definition) is 1. The first-order chi connectivity index (χ1) is 7.77. The SMILES string of the molecule is O=C(O)Cc1ccccc1-c1ccccc1.[Zn]. The van der Waals surface area contributed by atoms with Gasteiger partial charge in [-0.3, -0.25) is 4.79 Å². The fourth-order valence-corrected chi connectivity index (χ4v) is 1.74. The van der Waals surface area contributed by atoms with Gasteiger partial charge in [0.2, 0.25) is 0 Å². The zero-order chi connectivity index (χ0) is 11.4. The third-order valence-electron chi connectivity index (χ3n) is 2.44. The van der Waals surface area contributed by atoms with Crippen LogP contribution in [0, 0.1) is 0 Å². The van der Waals surface area contributed by atoms with Crippen LogP contribution < -0.4 is 0 Å². The van der Waals surface area contributed by atoms with E-state index in [0.717, 1.165) is 16.7 Å². The average molecular weight is 278 g/mol. The molecule has 0 atom stereocenters. The van der Waals surface area contributed by atoms with Gasteiger partial charge in [0.1, 0.15) is 0 Å². The Hall–Kier alpha value is -1.47. The van der Waals surface area contributed by atoms with Gasteiger partial charge in [-0.05, 0) is 16.7 Å². The molecule has 0 saturated carbocycles. The standard InChI is InChI=1S/C14H12O2.Zn/c15-14(16)10-12-8-4-5-9-13(12)11-6-2-1-3-7-11;/h1-9H,10H2,(H,15,16);. The largest absolute Gasteiger partial charge is 0.481 e. The summed E-state index contributed by atoms with van der Waals surface area (Å²) in [5, 5.41) is 8.84. The fourth-order valence-electron chi connectivity index (χ4n) is 1.74. The Balaban J connectivity index is 0.00000144. The first-order valence-electron chi connectivity index (χ1n) is 5.12. The Labute approximate surface area is 113 Å². The van der Waals surface area contributed by atoms with E-state index in [1.807, 2.05) is 54.6 Å². The molecule has 0 aliphatic rings. The van der Waals surface area contributed by atoms with Gasteiger partial charge in [-0.1, -0.05) is 54.6 Å². The monoisotopic (exact) mass is 276 g/mol. The van der Waals surface area contributed by atoms with Gasteiger partial charge >= 0.3 is 5.97 Å². The number of rotatable bonds is 3. The zero-order valence-electron chi connectivity index (χ0n) is 9.47. The second-order valence-corrected chi connectivity index (χ2v) is 3.59. The molecular weight excluding hydrogens is 266 g/mol. The zero-order valence-corrected chi connectivity index (χ0v) is 12.4. The van der Waals surface area contributed by atoms with Crippen LogP contribution in [0.2, 0.25) is 0 Å². The molecule has 0 aliphatic carbocycles. The predicted octanol–water partition coefficient (Wildman–Crippen LogP) is 2.98. The molecule has 0 fully saturated rings. The van der Waals surface area contributed by atoms with Crippen molar-refractivity contribution in [3.8, 4) is 11.1 Å². The summed E-state index contributed by atoms with van der Waals surface area (Å²) >= 11 is 0. The molecule has 82 valence electrons. The van der Waals surface area contributed by atoms with Crippen LogP contribution in [0.15, 0.2) is 54.6 Å². The number of benzene rings is 2. The smallest absolute Gasteiger partial charge is 0.307 e. The van der Waals surface area contributed by atoms with E-state index in [-0.39, 0.29) is 25.9 Å². The van der Waals surface area contributed by atoms with Gasteiger partial charge in [-0.2, -0.15) is 0 Å². The van der Waals surface area contributed by atoms with E-state index in [0.29, 0.717) is 0 Å². The Morgan fingerprint density at radius 2 is 1.53 bits per heavy atom. The van der Waals surface area contributed by atoms with Gasteiger partial charge in [0.15, 0.2) is 0 Å². The van der Waals surface area contributed by atoms with Crippen molar-refractivity contribution in [2.75, 3.05) is 0 Å². The molecule has 0 unspecified atom stereocenters. The Morgan fingerprint density at radius 1 is 0.941 bits per heavy atom. The summed E-state index contributed by atoms with van der Waals surface area (Å²) in [6.07, 6.45) is 0.0606. The van der Waals surface area contributed by atoms with E-state index < -0.39 is 5.97 Å². The summed E-state index contributed by atoms with van der Waals surface area (Å²) in [6, 6.07) is 17.4. The number of carbonyl (C=O) groups is 1. The molecule has 2 aromatic rings. The van der Waals surface area contributed by atoms with Gasteiger partial charge in [0.05, 0.1) is 6.42 Å². The summed E-state index contributed by atoms with van der Waals surface area (Å²) in [5.74, 6) is -0.802. The molecule has 0 bridgehead atoms. The average Bonchev–Trinajstić information content (AvgIpc) is 2.30. The van der Waals surface area contributed by atoms with Crippen molar-refractivity contribution in [3.63, 3.8) is 0 Å². The van der Waals surface area contributed by atoms with Gasteiger partial charge < -0.3 is 5.11 Å². The van der Waals surface area contributed by atoms with Crippen molar-refractivity contribution in [2.45, 2.75) is 6.42 Å². The molecule has 0 heterocycles. The van der Waals surface area contributed by atoms with E-state index in [2.05, 4.69) is 0 Å². The third kappa shape index (κ3) is 3.50. The summed E-state index contributed by atoms with van der Waals surface area (Å²) < 4.78 is 0. The molecule has 2 rings (SSSR count). The van der Waals surface area contributed by atoms with Crippen LogP contribution in [0.25, 0.3) is 11.1 Å². The summed E-state index contributed by atoms with van der Waals surface area (Å²) in [4.78, 5) is 10.8. The van der Waals surface area contributed by atoms with E-state index >= 15 is 0 Å². The Morgan fingerprint density at radius 3 is 2.18 bits per heavy atom.